The predicted octanol–water partition coefficient (Wildman–Crippen LogP) is 3.12. The van der Waals surface area contributed by atoms with Gasteiger partial charge in [0.1, 0.15) is 0 Å². The van der Waals surface area contributed by atoms with Gasteiger partial charge in [0.2, 0.25) is 0 Å². The van der Waals surface area contributed by atoms with Crippen LogP contribution in [0.1, 0.15) is 31.2 Å². The van der Waals surface area contributed by atoms with Crippen LogP contribution >= 0.6 is 15.9 Å². The van der Waals surface area contributed by atoms with Gasteiger partial charge in [0.05, 0.1) is 5.54 Å². The van der Waals surface area contributed by atoms with Crippen LogP contribution in [0.25, 0.3) is 0 Å². The number of piperidine rings is 1. The maximum atomic E-state index is 6.17. The third-order valence-corrected chi connectivity index (χ3v) is 5.54. The highest BCUT2D eigenvalue weighted by molar-refractivity contribution is 9.10. The van der Waals surface area contributed by atoms with Crippen molar-refractivity contribution in [3.63, 3.8) is 0 Å². The van der Waals surface area contributed by atoms with Gasteiger partial charge < -0.3 is 16.0 Å². The van der Waals surface area contributed by atoms with Gasteiger partial charge >= 0.3 is 0 Å². The van der Waals surface area contributed by atoms with E-state index < -0.39 is 0 Å². The second kappa shape index (κ2) is 5.32. The first-order valence-corrected chi connectivity index (χ1v) is 8.28. The highest BCUT2D eigenvalue weighted by atomic mass is 79.9. The monoisotopic (exact) mass is 337 g/mol. The van der Waals surface area contributed by atoms with Crippen LogP contribution < -0.4 is 11.1 Å². The molecule has 2 atom stereocenters. The number of hydrogen-bond acceptors (Lipinski definition) is 3. The third kappa shape index (κ3) is 2.61. The number of nitrogens with one attached hydrogen (secondary N) is 1. The molecule has 0 saturated carbocycles. The first-order chi connectivity index (χ1) is 9.51. The number of nitrogens with two attached hydrogens (primary N) is 1. The summed E-state index contributed by atoms with van der Waals surface area (Å²) in [6, 6.07) is 7.89. The summed E-state index contributed by atoms with van der Waals surface area (Å²) in [7, 11) is 2.27. The Morgan fingerprint density at radius 3 is 2.50 bits per heavy atom. The van der Waals surface area contributed by atoms with Gasteiger partial charge in [-0.15, -0.1) is 0 Å². The van der Waals surface area contributed by atoms with Crippen molar-refractivity contribution in [1.29, 1.82) is 0 Å². The van der Waals surface area contributed by atoms with Gasteiger partial charge in [0.25, 0.3) is 0 Å². The van der Waals surface area contributed by atoms with E-state index in [4.69, 9.17) is 5.73 Å². The minimum atomic E-state index is 0.0611. The summed E-state index contributed by atoms with van der Waals surface area (Å²) >= 11 is 3.58. The molecule has 3 N–H and O–H groups in total. The number of hydrogen-bond donors (Lipinski definition) is 2. The summed E-state index contributed by atoms with van der Waals surface area (Å²) in [5.74, 6) is 0. The topological polar surface area (TPSA) is 41.3 Å². The van der Waals surface area contributed by atoms with Crippen LogP contribution in [-0.2, 0) is 0 Å². The Balaban J connectivity index is 1.83. The lowest BCUT2D eigenvalue weighted by Crippen LogP contribution is -2.57. The number of rotatable bonds is 3. The lowest BCUT2D eigenvalue weighted by atomic mass is 9.82. The van der Waals surface area contributed by atoms with Gasteiger partial charge in [-0.3, -0.25) is 0 Å². The molecule has 20 heavy (non-hydrogen) atoms. The van der Waals surface area contributed by atoms with E-state index in [1.807, 2.05) is 0 Å². The molecule has 2 saturated heterocycles. The fourth-order valence-corrected chi connectivity index (χ4v) is 4.61. The first-order valence-electron chi connectivity index (χ1n) is 7.49. The molecule has 2 aliphatic heterocycles. The Hall–Kier alpha value is -0.580. The SMILES string of the molecule is Cc1cc(Br)cc(NC2(CN)CC3CCC(C2)N3C)c1. The van der Waals surface area contributed by atoms with Crippen LogP contribution in [-0.4, -0.2) is 36.1 Å². The fourth-order valence-electron chi connectivity index (χ4n) is 4.00. The first kappa shape index (κ1) is 14.4. The van der Waals surface area contributed by atoms with Crippen LogP contribution in [0.3, 0.4) is 0 Å². The number of benzene rings is 1. The molecule has 0 aromatic heterocycles. The van der Waals surface area contributed by atoms with Crippen LogP contribution in [0.5, 0.6) is 0 Å². The third-order valence-electron chi connectivity index (χ3n) is 5.08. The van der Waals surface area contributed by atoms with E-state index in [0.717, 1.165) is 17.3 Å². The maximum absolute atomic E-state index is 6.17. The minimum absolute atomic E-state index is 0.0611. The molecule has 1 aromatic rings. The van der Waals surface area contributed by atoms with Crippen molar-refractivity contribution >= 4 is 21.6 Å². The second-order valence-electron chi connectivity index (χ2n) is 6.59. The van der Waals surface area contributed by atoms with Crippen LogP contribution in [0.4, 0.5) is 5.69 Å². The number of aryl methyl sites for hydroxylation is 1. The molecule has 2 aliphatic rings. The van der Waals surface area contributed by atoms with E-state index >= 15 is 0 Å². The van der Waals surface area contributed by atoms with Crippen molar-refractivity contribution in [2.24, 2.45) is 5.73 Å². The molecule has 0 radical (unpaired) electrons. The molecule has 3 rings (SSSR count). The zero-order valence-corrected chi connectivity index (χ0v) is 13.9. The quantitative estimate of drug-likeness (QED) is 0.890. The van der Waals surface area contributed by atoms with Gasteiger partial charge in [0.15, 0.2) is 0 Å². The zero-order chi connectivity index (χ0) is 14.3. The smallest absolute Gasteiger partial charge is 0.0525 e. The zero-order valence-electron chi connectivity index (χ0n) is 12.3. The highest BCUT2D eigenvalue weighted by Gasteiger charge is 2.46. The van der Waals surface area contributed by atoms with Gasteiger partial charge in [0, 0.05) is 28.8 Å². The average Bonchev–Trinajstić information content (AvgIpc) is 2.61. The Labute approximate surface area is 130 Å². The van der Waals surface area contributed by atoms with Crippen molar-refractivity contribution in [1.82, 2.24) is 4.90 Å². The van der Waals surface area contributed by atoms with E-state index in [1.165, 1.54) is 24.1 Å². The van der Waals surface area contributed by atoms with Gasteiger partial charge in [-0.1, -0.05) is 15.9 Å². The molecular formula is C16H24BrN3. The summed E-state index contributed by atoms with van der Waals surface area (Å²) in [6.45, 7) is 2.84. The Bertz CT molecular complexity index is 468. The standard InChI is InChI=1S/C16H24BrN3/c1-11-5-12(17)7-13(6-11)19-16(10-18)8-14-3-4-15(9-16)20(14)2/h5-7,14-15,19H,3-4,8-10,18H2,1-2H3. The molecule has 0 spiro atoms. The number of nitrogens with zero attached hydrogens (tertiary/aromatic N) is 1. The maximum Gasteiger partial charge on any atom is 0.0525 e. The average molecular weight is 338 g/mol. The van der Waals surface area contributed by atoms with E-state index in [-0.39, 0.29) is 5.54 Å². The molecular weight excluding hydrogens is 314 g/mol. The van der Waals surface area contributed by atoms with Crippen molar-refractivity contribution in [3.05, 3.63) is 28.2 Å². The van der Waals surface area contributed by atoms with Gasteiger partial charge in [-0.25, -0.2) is 0 Å². The molecule has 0 amide bonds. The fraction of sp³-hybridized carbons (Fsp3) is 0.625. The largest absolute Gasteiger partial charge is 0.378 e. The van der Waals surface area contributed by atoms with Crippen molar-refractivity contribution < 1.29 is 0 Å². The Kier molecular flexibility index (Phi) is 3.82. The number of halogens is 1. The predicted molar refractivity (Wildman–Crippen MR) is 88.1 cm³/mol. The lowest BCUT2D eigenvalue weighted by Gasteiger charge is -2.46. The van der Waals surface area contributed by atoms with E-state index in [2.05, 4.69) is 58.3 Å². The number of anilines is 1. The Morgan fingerprint density at radius 1 is 1.30 bits per heavy atom. The molecule has 2 heterocycles. The van der Waals surface area contributed by atoms with Crippen LogP contribution in [0, 0.1) is 6.92 Å². The second-order valence-corrected chi connectivity index (χ2v) is 7.50. The molecule has 2 unspecified atom stereocenters. The molecule has 2 bridgehead atoms. The van der Waals surface area contributed by atoms with Crippen molar-refractivity contribution in [3.8, 4) is 0 Å². The molecule has 4 heteroatoms. The van der Waals surface area contributed by atoms with Gasteiger partial charge in [-0.2, -0.15) is 0 Å². The molecule has 0 aliphatic carbocycles. The number of fused-ring (bicyclic) bond motifs is 2. The summed E-state index contributed by atoms with van der Waals surface area (Å²) in [4.78, 5) is 2.56. The summed E-state index contributed by atoms with van der Waals surface area (Å²) in [5.41, 5.74) is 8.68. The van der Waals surface area contributed by atoms with E-state index in [1.54, 1.807) is 0 Å². The van der Waals surface area contributed by atoms with Crippen molar-refractivity contribution in [2.45, 2.75) is 50.2 Å². The van der Waals surface area contributed by atoms with Crippen LogP contribution in [0.15, 0.2) is 22.7 Å². The molecule has 3 nitrogen and oxygen atoms in total. The molecule has 1 aromatic carbocycles. The summed E-state index contributed by atoms with van der Waals surface area (Å²) in [6.07, 6.45) is 4.95. The van der Waals surface area contributed by atoms with Gasteiger partial charge in [-0.05, 0) is 63.4 Å². The molecule has 110 valence electrons. The Morgan fingerprint density at radius 2 is 1.95 bits per heavy atom. The highest BCUT2D eigenvalue weighted by Crippen LogP contribution is 2.41. The minimum Gasteiger partial charge on any atom is -0.378 e. The van der Waals surface area contributed by atoms with E-state index in [0.29, 0.717) is 18.6 Å². The molecule has 2 fully saturated rings. The summed E-state index contributed by atoms with van der Waals surface area (Å²) in [5, 5.41) is 3.77. The van der Waals surface area contributed by atoms with E-state index in [9.17, 15) is 0 Å². The van der Waals surface area contributed by atoms with Crippen molar-refractivity contribution in [2.75, 3.05) is 18.9 Å². The normalized spacial score (nSPS) is 33.4. The summed E-state index contributed by atoms with van der Waals surface area (Å²) < 4.78 is 1.13. The lowest BCUT2D eigenvalue weighted by molar-refractivity contribution is 0.127. The van der Waals surface area contributed by atoms with Crippen LogP contribution in [0.2, 0.25) is 0 Å².